The van der Waals surface area contributed by atoms with Crippen LogP contribution < -0.4 is 11.0 Å². The summed E-state index contributed by atoms with van der Waals surface area (Å²) in [5.41, 5.74) is -0.298. The molecule has 1 aromatic rings. The highest BCUT2D eigenvalue weighted by molar-refractivity contribution is 5.67. The zero-order valence-corrected chi connectivity index (χ0v) is 11.8. The SMILES string of the molecule is CC(C)OC(=O)N1CCC(NCc2n[nH]c(=O)[nH]2)CC1. The predicted octanol–water partition coefficient (Wildman–Crippen LogP) is 0.197. The highest BCUT2D eigenvalue weighted by Gasteiger charge is 2.24. The molecule has 0 atom stereocenters. The third-order valence-corrected chi connectivity index (χ3v) is 3.20. The third-order valence-electron chi connectivity index (χ3n) is 3.20. The van der Waals surface area contributed by atoms with Crippen molar-refractivity contribution < 1.29 is 9.53 Å². The lowest BCUT2D eigenvalue weighted by molar-refractivity contribution is 0.0677. The summed E-state index contributed by atoms with van der Waals surface area (Å²) in [6.45, 7) is 5.56. The number of hydrogen-bond acceptors (Lipinski definition) is 5. The Balaban J connectivity index is 1.71. The van der Waals surface area contributed by atoms with Gasteiger partial charge in [0.25, 0.3) is 0 Å². The molecule has 0 bridgehead atoms. The van der Waals surface area contributed by atoms with Gasteiger partial charge >= 0.3 is 11.8 Å². The number of rotatable bonds is 4. The molecular formula is C12H21N5O3. The highest BCUT2D eigenvalue weighted by atomic mass is 16.6. The molecule has 8 heteroatoms. The maximum Gasteiger partial charge on any atom is 0.410 e. The fraction of sp³-hybridized carbons (Fsp3) is 0.750. The summed E-state index contributed by atoms with van der Waals surface area (Å²) in [6.07, 6.45) is 1.40. The quantitative estimate of drug-likeness (QED) is 0.732. The summed E-state index contributed by atoms with van der Waals surface area (Å²) in [4.78, 5) is 26.9. The van der Waals surface area contributed by atoms with Gasteiger partial charge < -0.3 is 15.0 Å². The van der Waals surface area contributed by atoms with Crippen LogP contribution in [0.5, 0.6) is 0 Å². The smallest absolute Gasteiger partial charge is 0.410 e. The zero-order chi connectivity index (χ0) is 14.5. The van der Waals surface area contributed by atoms with Crippen LogP contribution in [0.4, 0.5) is 4.79 Å². The second kappa shape index (κ2) is 6.56. The van der Waals surface area contributed by atoms with Gasteiger partial charge in [0, 0.05) is 19.1 Å². The van der Waals surface area contributed by atoms with Crippen molar-refractivity contribution in [1.82, 2.24) is 25.4 Å². The molecule has 1 aliphatic heterocycles. The minimum Gasteiger partial charge on any atom is -0.447 e. The average Bonchev–Trinajstić information content (AvgIpc) is 2.82. The first-order chi connectivity index (χ1) is 9.54. The van der Waals surface area contributed by atoms with Gasteiger partial charge in [-0.3, -0.25) is 4.98 Å². The van der Waals surface area contributed by atoms with E-state index in [-0.39, 0.29) is 17.9 Å². The molecule has 0 unspecified atom stereocenters. The molecule has 2 rings (SSSR count). The second-order valence-electron chi connectivity index (χ2n) is 5.20. The van der Waals surface area contributed by atoms with E-state index in [0.717, 1.165) is 12.8 Å². The fourth-order valence-electron chi connectivity index (χ4n) is 2.17. The number of hydrogen-bond donors (Lipinski definition) is 3. The molecule has 1 fully saturated rings. The first-order valence-electron chi connectivity index (χ1n) is 6.87. The minimum atomic E-state index is -0.298. The van der Waals surface area contributed by atoms with Gasteiger partial charge in [0.1, 0.15) is 5.82 Å². The lowest BCUT2D eigenvalue weighted by atomic mass is 10.1. The van der Waals surface area contributed by atoms with Gasteiger partial charge in [-0.2, -0.15) is 5.10 Å². The number of ether oxygens (including phenoxy) is 1. The molecule has 1 amide bonds. The number of likely N-dealkylation sites (tertiary alicyclic amines) is 1. The Kier molecular flexibility index (Phi) is 4.78. The molecule has 8 nitrogen and oxygen atoms in total. The van der Waals surface area contributed by atoms with Crippen molar-refractivity contribution in [2.24, 2.45) is 0 Å². The van der Waals surface area contributed by atoms with E-state index >= 15 is 0 Å². The molecule has 0 aromatic carbocycles. The van der Waals surface area contributed by atoms with Crippen molar-refractivity contribution >= 4 is 6.09 Å². The Morgan fingerprint density at radius 3 is 2.75 bits per heavy atom. The second-order valence-corrected chi connectivity index (χ2v) is 5.20. The number of aromatic nitrogens is 3. The third kappa shape index (κ3) is 4.09. The summed E-state index contributed by atoms with van der Waals surface area (Å²) in [5.74, 6) is 0.594. The van der Waals surface area contributed by atoms with Gasteiger partial charge in [-0.25, -0.2) is 14.7 Å². The van der Waals surface area contributed by atoms with Crippen LogP contribution in [0.3, 0.4) is 0 Å². The van der Waals surface area contributed by atoms with Crippen molar-refractivity contribution in [3.05, 3.63) is 16.3 Å². The van der Waals surface area contributed by atoms with Crippen molar-refractivity contribution in [3.8, 4) is 0 Å². The molecule has 112 valence electrons. The van der Waals surface area contributed by atoms with Crippen LogP contribution in [0, 0.1) is 0 Å². The molecule has 0 saturated carbocycles. The molecule has 0 spiro atoms. The van der Waals surface area contributed by atoms with Gasteiger partial charge in [-0.15, -0.1) is 0 Å². The Hall–Kier alpha value is -1.83. The van der Waals surface area contributed by atoms with Gasteiger partial charge in [0.15, 0.2) is 0 Å². The van der Waals surface area contributed by atoms with Gasteiger partial charge in [-0.1, -0.05) is 0 Å². The van der Waals surface area contributed by atoms with Crippen molar-refractivity contribution in [3.63, 3.8) is 0 Å². The number of H-pyrrole nitrogens is 2. The normalized spacial score (nSPS) is 16.6. The van der Waals surface area contributed by atoms with Gasteiger partial charge in [0.2, 0.25) is 0 Å². The van der Waals surface area contributed by atoms with Crippen molar-refractivity contribution in [1.29, 1.82) is 0 Å². The Morgan fingerprint density at radius 2 is 2.20 bits per heavy atom. The maximum absolute atomic E-state index is 11.7. The van der Waals surface area contributed by atoms with Crippen LogP contribution in [-0.2, 0) is 11.3 Å². The number of nitrogens with zero attached hydrogens (tertiary/aromatic N) is 2. The molecular weight excluding hydrogens is 262 g/mol. The van der Waals surface area contributed by atoms with E-state index in [1.807, 2.05) is 13.8 Å². The topological polar surface area (TPSA) is 103 Å². The van der Waals surface area contributed by atoms with Crippen LogP contribution in [0.25, 0.3) is 0 Å². The first kappa shape index (κ1) is 14.6. The molecule has 20 heavy (non-hydrogen) atoms. The number of nitrogens with one attached hydrogen (secondary N) is 3. The van der Waals surface area contributed by atoms with E-state index in [4.69, 9.17) is 4.74 Å². The van der Waals surface area contributed by atoms with E-state index in [1.165, 1.54) is 0 Å². The van der Waals surface area contributed by atoms with Crippen molar-refractivity contribution in [2.45, 2.75) is 45.4 Å². The van der Waals surface area contributed by atoms with E-state index in [9.17, 15) is 9.59 Å². The minimum absolute atomic E-state index is 0.0881. The molecule has 0 radical (unpaired) electrons. The maximum atomic E-state index is 11.7. The zero-order valence-electron chi connectivity index (χ0n) is 11.8. The van der Waals surface area contributed by atoms with Crippen LogP contribution in [0.15, 0.2) is 4.79 Å². The van der Waals surface area contributed by atoms with Gasteiger partial charge in [-0.05, 0) is 26.7 Å². The van der Waals surface area contributed by atoms with E-state index < -0.39 is 0 Å². The predicted molar refractivity (Wildman–Crippen MR) is 72.3 cm³/mol. The monoisotopic (exact) mass is 283 g/mol. The molecule has 0 aliphatic carbocycles. The molecule has 3 N–H and O–H groups in total. The molecule has 2 heterocycles. The summed E-state index contributed by atoms with van der Waals surface area (Å²) < 4.78 is 5.17. The summed E-state index contributed by atoms with van der Waals surface area (Å²) in [6, 6.07) is 0.318. The Labute approximate surface area is 116 Å². The Morgan fingerprint density at radius 1 is 1.50 bits per heavy atom. The van der Waals surface area contributed by atoms with E-state index in [2.05, 4.69) is 20.5 Å². The number of aromatic amines is 2. The molecule has 1 aromatic heterocycles. The number of carbonyl (C=O) groups is 1. The lowest BCUT2D eigenvalue weighted by Crippen LogP contribution is -2.45. The largest absolute Gasteiger partial charge is 0.447 e. The summed E-state index contributed by atoms with van der Waals surface area (Å²) in [5, 5.41) is 9.48. The fourth-order valence-corrected chi connectivity index (χ4v) is 2.17. The van der Waals surface area contributed by atoms with Crippen LogP contribution in [0.2, 0.25) is 0 Å². The van der Waals surface area contributed by atoms with E-state index in [1.54, 1.807) is 4.90 Å². The number of carbonyl (C=O) groups excluding carboxylic acids is 1. The average molecular weight is 283 g/mol. The first-order valence-corrected chi connectivity index (χ1v) is 6.87. The van der Waals surface area contributed by atoms with Gasteiger partial charge in [0.05, 0.1) is 12.6 Å². The van der Waals surface area contributed by atoms with Crippen LogP contribution in [0.1, 0.15) is 32.5 Å². The Bertz CT molecular complexity index is 487. The van der Waals surface area contributed by atoms with E-state index in [0.29, 0.717) is 31.5 Å². The summed E-state index contributed by atoms with van der Waals surface area (Å²) in [7, 11) is 0. The standard InChI is InChI=1S/C12H21N5O3/c1-8(2)20-12(19)17-5-3-9(4-6-17)13-7-10-14-11(18)16-15-10/h8-9,13H,3-7H2,1-2H3,(H2,14,15,16,18). The molecule has 1 saturated heterocycles. The summed E-state index contributed by atoms with van der Waals surface area (Å²) >= 11 is 0. The number of amides is 1. The molecule has 1 aliphatic rings. The van der Waals surface area contributed by atoms with Crippen molar-refractivity contribution in [2.75, 3.05) is 13.1 Å². The van der Waals surface area contributed by atoms with Crippen LogP contribution in [-0.4, -0.2) is 51.4 Å². The number of piperidine rings is 1. The highest BCUT2D eigenvalue weighted by Crippen LogP contribution is 2.12. The lowest BCUT2D eigenvalue weighted by Gasteiger charge is -2.32. The van der Waals surface area contributed by atoms with Crippen LogP contribution >= 0.6 is 0 Å².